The first-order chi connectivity index (χ1) is 9.52. The van der Waals surface area contributed by atoms with Crippen LogP contribution in [0.5, 0.6) is 5.75 Å². The number of carbonyl (C=O) groups excluding carboxylic acids is 1. The number of nitrogens with one attached hydrogen (secondary N) is 1. The zero-order valence-corrected chi connectivity index (χ0v) is 12.3. The van der Waals surface area contributed by atoms with E-state index >= 15 is 0 Å². The van der Waals surface area contributed by atoms with Gasteiger partial charge in [0, 0.05) is 11.3 Å². The van der Waals surface area contributed by atoms with Gasteiger partial charge in [0.1, 0.15) is 5.75 Å². The Labute approximate surface area is 119 Å². The second-order valence-electron chi connectivity index (χ2n) is 4.91. The Morgan fingerprint density at radius 2 is 1.65 bits per heavy atom. The molecule has 0 saturated heterocycles. The molecule has 3 nitrogen and oxygen atoms in total. The minimum absolute atomic E-state index is 0.104. The van der Waals surface area contributed by atoms with Crippen molar-refractivity contribution < 1.29 is 9.53 Å². The van der Waals surface area contributed by atoms with Crippen molar-refractivity contribution in [1.82, 2.24) is 0 Å². The third-order valence-corrected chi connectivity index (χ3v) is 3.38. The minimum atomic E-state index is -0.104. The van der Waals surface area contributed by atoms with E-state index in [-0.39, 0.29) is 5.91 Å². The van der Waals surface area contributed by atoms with Crippen molar-refractivity contribution in [3.63, 3.8) is 0 Å². The third kappa shape index (κ3) is 2.82. The first kappa shape index (κ1) is 14.1. The van der Waals surface area contributed by atoms with Crippen molar-refractivity contribution in [3.8, 4) is 5.75 Å². The molecule has 0 aliphatic rings. The first-order valence-electron chi connectivity index (χ1n) is 6.55. The van der Waals surface area contributed by atoms with Crippen LogP contribution in [-0.2, 0) is 0 Å². The van der Waals surface area contributed by atoms with E-state index in [1.807, 2.05) is 51.1 Å². The Morgan fingerprint density at radius 1 is 1.00 bits per heavy atom. The van der Waals surface area contributed by atoms with Crippen molar-refractivity contribution in [3.05, 3.63) is 58.7 Å². The summed E-state index contributed by atoms with van der Waals surface area (Å²) in [5.74, 6) is 0.682. The van der Waals surface area contributed by atoms with Crippen molar-refractivity contribution in [2.45, 2.75) is 20.8 Å². The van der Waals surface area contributed by atoms with Gasteiger partial charge in [-0.3, -0.25) is 4.79 Å². The molecule has 20 heavy (non-hydrogen) atoms. The summed E-state index contributed by atoms with van der Waals surface area (Å²) < 4.78 is 5.20. The summed E-state index contributed by atoms with van der Waals surface area (Å²) >= 11 is 0. The smallest absolute Gasteiger partial charge is 0.255 e. The number of methoxy groups -OCH3 is 1. The maximum atomic E-state index is 12.3. The molecule has 2 aromatic carbocycles. The fourth-order valence-corrected chi connectivity index (χ4v) is 2.22. The maximum absolute atomic E-state index is 12.3. The van der Waals surface area contributed by atoms with Gasteiger partial charge in [-0.15, -0.1) is 0 Å². The number of anilines is 1. The highest BCUT2D eigenvalue weighted by Crippen LogP contribution is 2.22. The summed E-state index contributed by atoms with van der Waals surface area (Å²) in [6, 6.07) is 11.4. The van der Waals surface area contributed by atoms with Crippen LogP contribution in [0.15, 0.2) is 36.4 Å². The van der Waals surface area contributed by atoms with Crippen LogP contribution < -0.4 is 10.1 Å². The molecule has 0 aromatic heterocycles. The largest absolute Gasteiger partial charge is 0.496 e. The Kier molecular flexibility index (Phi) is 4.08. The molecule has 0 unspecified atom stereocenters. The fraction of sp³-hybridized carbons (Fsp3) is 0.235. The lowest BCUT2D eigenvalue weighted by Crippen LogP contribution is -2.14. The quantitative estimate of drug-likeness (QED) is 0.918. The molecule has 0 spiro atoms. The van der Waals surface area contributed by atoms with E-state index in [1.54, 1.807) is 13.2 Å². The predicted molar refractivity (Wildman–Crippen MR) is 81.6 cm³/mol. The lowest BCUT2D eigenvalue weighted by Gasteiger charge is -2.12. The van der Waals surface area contributed by atoms with Gasteiger partial charge >= 0.3 is 0 Å². The van der Waals surface area contributed by atoms with Crippen molar-refractivity contribution in [1.29, 1.82) is 0 Å². The number of benzene rings is 2. The van der Waals surface area contributed by atoms with E-state index in [1.165, 1.54) is 0 Å². The van der Waals surface area contributed by atoms with Gasteiger partial charge in [0.25, 0.3) is 5.91 Å². The summed E-state index contributed by atoms with van der Waals surface area (Å²) in [6.07, 6.45) is 0. The highest BCUT2D eigenvalue weighted by atomic mass is 16.5. The Hall–Kier alpha value is -2.29. The monoisotopic (exact) mass is 269 g/mol. The molecule has 2 rings (SSSR count). The van der Waals surface area contributed by atoms with Crippen molar-refractivity contribution in [2.75, 3.05) is 12.4 Å². The molecular formula is C17H19NO2. The molecule has 0 radical (unpaired) electrons. The van der Waals surface area contributed by atoms with E-state index in [2.05, 4.69) is 5.32 Å². The summed E-state index contributed by atoms with van der Waals surface area (Å²) in [6.45, 7) is 5.90. The van der Waals surface area contributed by atoms with Crippen LogP contribution in [0.3, 0.4) is 0 Å². The average Bonchev–Trinajstić information content (AvgIpc) is 2.42. The summed E-state index contributed by atoms with van der Waals surface area (Å²) in [5.41, 5.74) is 4.57. The number of rotatable bonds is 3. The topological polar surface area (TPSA) is 38.3 Å². The lowest BCUT2D eigenvalue weighted by atomic mass is 10.1. The zero-order chi connectivity index (χ0) is 14.7. The molecular weight excluding hydrogens is 250 g/mol. The molecule has 3 heteroatoms. The molecule has 0 bridgehead atoms. The van der Waals surface area contributed by atoms with E-state index < -0.39 is 0 Å². The normalized spacial score (nSPS) is 10.2. The molecule has 1 amide bonds. The number of carbonyl (C=O) groups is 1. The number of aryl methyl sites for hydroxylation is 3. The van der Waals surface area contributed by atoms with Gasteiger partial charge in [0.15, 0.2) is 0 Å². The maximum Gasteiger partial charge on any atom is 0.255 e. The van der Waals surface area contributed by atoms with Gasteiger partial charge in [0.2, 0.25) is 0 Å². The Bertz CT molecular complexity index is 627. The van der Waals surface area contributed by atoms with Gasteiger partial charge in [-0.2, -0.15) is 0 Å². The summed E-state index contributed by atoms with van der Waals surface area (Å²) in [7, 11) is 1.62. The van der Waals surface area contributed by atoms with Gasteiger partial charge < -0.3 is 10.1 Å². The highest BCUT2D eigenvalue weighted by molar-refractivity contribution is 6.05. The van der Waals surface area contributed by atoms with Crippen LogP contribution in [-0.4, -0.2) is 13.0 Å². The average molecular weight is 269 g/mol. The Morgan fingerprint density at radius 3 is 2.20 bits per heavy atom. The van der Waals surface area contributed by atoms with Crippen LogP contribution in [0.1, 0.15) is 27.0 Å². The van der Waals surface area contributed by atoms with E-state index in [4.69, 9.17) is 4.74 Å². The van der Waals surface area contributed by atoms with Crippen LogP contribution in [0, 0.1) is 20.8 Å². The molecule has 2 aromatic rings. The van der Waals surface area contributed by atoms with Gasteiger partial charge in [-0.1, -0.05) is 18.2 Å². The number of para-hydroxylation sites is 1. The van der Waals surface area contributed by atoms with E-state index in [9.17, 15) is 4.79 Å². The van der Waals surface area contributed by atoms with Crippen LogP contribution in [0.25, 0.3) is 0 Å². The second-order valence-corrected chi connectivity index (χ2v) is 4.91. The molecule has 0 heterocycles. The SMILES string of the molecule is COc1ccc(C(=O)Nc2c(C)cccc2C)cc1C. The Balaban J connectivity index is 2.26. The molecule has 0 aliphatic carbocycles. The first-order valence-corrected chi connectivity index (χ1v) is 6.55. The predicted octanol–water partition coefficient (Wildman–Crippen LogP) is 3.87. The van der Waals surface area contributed by atoms with Crippen LogP contribution in [0.2, 0.25) is 0 Å². The summed E-state index contributed by atoms with van der Waals surface area (Å²) in [5, 5.41) is 2.98. The minimum Gasteiger partial charge on any atom is -0.496 e. The molecule has 1 N–H and O–H groups in total. The molecule has 0 atom stereocenters. The zero-order valence-electron chi connectivity index (χ0n) is 12.3. The fourth-order valence-electron chi connectivity index (χ4n) is 2.22. The van der Waals surface area contributed by atoms with Gasteiger partial charge in [-0.05, 0) is 55.7 Å². The van der Waals surface area contributed by atoms with E-state index in [0.29, 0.717) is 5.56 Å². The number of hydrogen-bond acceptors (Lipinski definition) is 2. The molecule has 0 aliphatic heterocycles. The number of hydrogen-bond donors (Lipinski definition) is 1. The van der Waals surface area contributed by atoms with Crippen LogP contribution >= 0.6 is 0 Å². The van der Waals surface area contributed by atoms with Crippen molar-refractivity contribution in [2.24, 2.45) is 0 Å². The van der Waals surface area contributed by atoms with Crippen molar-refractivity contribution >= 4 is 11.6 Å². The molecule has 104 valence electrons. The van der Waals surface area contributed by atoms with Crippen LogP contribution in [0.4, 0.5) is 5.69 Å². The number of amides is 1. The van der Waals surface area contributed by atoms with E-state index in [0.717, 1.165) is 28.1 Å². The molecule has 0 fully saturated rings. The molecule has 0 saturated carbocycles. The van der Waals surface area contributed by atoms with Gasteiger partial charge in [-0.25, -0.2) is 0 Å². The third-order valence-electron chi connectivity index (χ3n) is 3.38. The highest BCUT2D eigenvalue weighted by Gasteiger charge is 2.11. The standard InChI is InChI=1S/C17H19NO2/c1-11-6-5-7-12(2)16(11)18-17(19)14-8-9-15(20-4)13(3)10-14/h5-10H,1-4H3,(H,18,19). The second kappa shape index (κ2) is 5.78. The lowest BCUT2D eigenvalue weighted by molar-refractivity contribution is 0.102. The van der Waals surface area contributed by atoms with Gasteiger partial charge in [0.05, 0.1) is 7.11 Å². The summed E-state index contributed by atoms with van der Waals surface area (Å²) in [4.78, 5) is 12.3. The number of ether oxygens (including phenoxy) is 1.